The van der Waals surface area contributed by atoms with Crippen LogP contribution in [0.5, 0.6) is 0 Å². The van der Waals surface area contributed by atoms with Crippen LogP contribution in [0, 0.1) is 0 Å². The van der Waals surface area contributed by atoms with Gasteiger partial charge in [0.15, 0.2) is 0 Å². The zero-order valence-corrected chi connectivity index (χ0v) is 13.7. The summed E-state index contributed by atoms with van der Waals surface area (Å²) in [4.78, 5) is 14.2. The van der Waals surface area contributed by atoms with E-state index in [9.17, 15) is 4.79 Å². The lowest BCUT2D eigenvalue weighted by molar-refractivity contribution is -0.122. The van der Waals surface area contributed by atoms with Crippen LogP contribution in [0.15, 0.2) is 0 Å². The van der Waals surface area contributed by atoms with Crippen LogP contribution in [0.1, 0.15) is 26.2 Å². The van der Waals surface area contributed by atoms with Gasteiger partial charge in [-0.25, -0.2) is 0 Å². The number of nitrogens with one attached hydrogen (secondary N) is 2. The fraction of sp³-hybridized carbons (Fsp3) is 0.923. The molecule has 0 aliphatic carbocycles. The average Bonchev–Trinajstić information content (AvgIpc) is 2.82. The summed E-state index contributed by atoms with van der Waals surface area (Å²) in [5, 5.41) is 6.45. The first-order valence-corrected chi connectivity index (χ1v) is 7.07. The van der Waals surface area contributed by atoms with Crippen molar-refractivity contribution in [1.29, 1.82) is 0 Å². The molecule has 2 aliphatic heterocycles. The molecule has 2 aliphatic rings. The van der Waals surface area contributed by atoms with E-state index in [1.54, 1.807) is 0 Å². The highest BCUT2D eigenvalue weighted by Gasteiger charge is 2.19. The molecule has 1 amide bonds. The minimum absolute atomic E-state index is 0. The number of carbonyl (C=O) groups excluding carboxylic acids is 1. The third kappa shape index (κ3) is 7.09. The van der Waals surface area contributed by atoms with Crippen LogP contribution in [0.4, 0.5) is 0 Å². The van der Waals surface area contributed by atoms with Crippen molar-refractivity contribution in [1.82, 2.24) is 15.5 Å². The highest BCUT2D eigenvalue weighted by Crippen LogP contribution is 2.08. The first kappa shape index (κ1) is 19.9. The molecule has 2 N–H and O–H groups in total. The van der Waals surface area contributed by atoms with Gasteiger partial charge in [-0.05, 0) is 26.3 Å². The molecule has 2 fully saturated rings. The normalized spacial score (nSPS) is 24.4. The summed E-state index contributed by atoms with van der Waals surface area (Å²) in [5.74, 6) is 0.176. The number of amides is 1. The maximum absolute atomic E-state index is 11.9. The molecule has 0 bridgehead atoms. The first-order valence-electron chi connectivity index (χ1n) is 7.07. The summed E-state index contributed by atoms with van der Waals surface area (Å²) in [6, 6.07) is 0.609. The predicted molar refractivity (Wildman–Crippen MR) is 85.0 cm³/mol. The fourth-order valence-electron chi connectivity index (χ4n) is 2.71. The smallest absolute Gasteiger partial charge is 0.221 e. The van der Waals surface area contributed by atoms with Crippen LogP contribution in [0.3, 0.4) is 0 Å². The SMILES string of the molecule is CC(CN1CCOCC1)NC(=O)CC1CCCN1.Cl.Cl. The maximum atomic E-state index is 11.9. The van der Waals surface area contributed by atoms with Crippen molar-refractivity contribution < 1.29 is 9.53 Å². The molecule has 120 valence electrons. The molecule has 0 aromatic carbocycles. The summed E-state index contributed by atoms with van der Waals surface area (Å²) in [6.07, 6.45) is 2.94. The Balaban J connectivity index is 0.00000180. The molecule has 0 aromatic heterocycles. The highest BCUT2D eigenvalue weighted by molar-refractivity contribution is 5.85. The minimum atomic E-state index is 0. The summed E-state index contributed by atoms with van der Waals surface area (Å²) in [7, 11) is 0. The van der Waals surface area contributed by atoms with Gasteiger partial charge >= 0.3 is 0 Å². The van der Waals surface area contributed by atoms with Crippen LogP contribution >= 0.6 is 24.8 Å². The predicted octanol–water partition coefficient (Wildman–Crippen LogP) is 0.809. The molecule has 7 heteroatoms. The Morgan fingerprint density at radius 3 is 2.70 bits per heavy atom. The summed E-state index contributed by atoms with van der Waals surface area (Å²) in [5.41, 5.74) is 0. The van der Waals surface area contributed by atoms with Gasteiger partial charge in [0.1, 0.15) is 0 Å². The van der Waals surface area contributed by atoms with E-state index in [4.69, 9.17) is 4.74 Å². The van der Waals surface area contributed by atoms with Crippen molar-refractivity contribution in [2.75, 3.05) is 39.4 Å². The molecule has 0 aromatic rings. The van der Waals surface area contributed by atoms with Crippen LogP contribution in [-0.2, 0) is 9.53 Å². The number of carbonyl (C=O) groups is 1. The Hall–Kier alpha value is -0.0700. The Labute approximate surface area is 134 Å². The lowest BCUT2D eigenvalue weighted by Gasteiger charge is -2.29. The van der Waals surface area contributed by atoms with Gasteiger partial charge in [-0.3, -0.25) is 9.69 Å². The molecule has 20 heavy (non-hydrogen) atoms. The number of hydrogen-bond donors (Lipinski definition) is 2. The molecule has 0 radical (unpaired) electrons. The van der Waals surface area contributed by atoms with Gasteiger partial charge in [-0.2, -0.15) is 0 Å². The second-order valence-electron chi connectivity index (χ2n) is 5.38. The van der Waals surface area contributed by atoms with Gasteiger partial charge < -0.3 is 15.4 Å². The Bertz CT molecular complexity index is 270. The van der Waals surface area contributed by atoms with Crippen molar-refractivity contribution >= 4 is 30.7 Å². The van der Waals surface area contributed by atoms with Crippen LogP contribution in [0.2, 0.25) is 0 Å². The second kappa shape index (κ2) is 10.6. The standard InChI is InChI=1S/C13H25N3O2.2ClH/c1-11(10-16-5-7-18-8-6-16)15-13(17)9-12-3-2-4-14-12;;/h11-12,14H,2-10H2,1H3,(H,15,17);2*1H. The van der Waals surface area contributed by atoms with Gasteiger partial charge in [-0.1, -0.05) is 0 Å². The van der Waals surface area contributed by atoms with E-state index in [0.29, 0.717) is 12.5 Å². The minimum Gasteiger partial charge on any atom is -0.379 e. The summed E-state index contributed by atoms with van der Waals surface area (Å²) in [6.45, 7) is 7.64. The molecule has 2 rings (SSSR count). The van der Waals surface area contributed by atoms with Crippen molar-refractivity contribution in [3.63, 3.8) is 0 Å². The third-order valence-electron chi connectivity index (χ3n) is 3.64. The number of nitrogens with zero attached hydrogens (tertiary/aromatic N) is 1. The number of morpholine rings is 1. The van der Waals surface area contributed by atoms with E-state index in [1.807, 2.05) is 0 Å². The van der Waals surface area contributed by atoms with Crippen LogP contribution in [0.25, 0.3) is 0 Å². The molecule has 2 heterocycles. The van der Waals surface area contributed by atoms with Gasteiger partial charge in [0.2, 0.25) is 5.91 Å². The first-order chi connectivity index (χ1) is 8.74. The zero-order valence-electron chi connectivity index (χ0n) is 12.1. The van der Waals surface area contributed by atoms with Crippen LogP contribution < -0.4 is 10.6 Å². The second-order valence-corrected chi connectivity index (χ2v) is 5.38. The molecule has 5 nitrogen and oxygen atoms in total. The van der Waals surface area contributed by atoms with Crippen molar-refractivity contribution in [2.24, 2.45) is 0 Å². The number of ether oxygens (including phenoxy) is 1. The number of halogens is 2. The van der Waals surface area contributed by atoms with Gasteiger partial charge in [-0.15, -0.1) is 24.8 Å². The Morgan fingerprint density at radius 2 is 2.10 bits per heavy atom. The van der Waals surface area contributed by atoms with E-state index in [2.05, 4.69) is 22.5 Å². The zero-order chi connectivity index (χ0) is 12.8. The molecule has 0 saturated carbocycles. The molecular formula is C13H27Cl2N3O2. The van der Waals surface area contributed by atoms with Gasteiger partial charge in [0.05, 0.1) is 13.2 Å². The van der Waals surface area contributed by atoms with Gasteiger partial charge in [0.25, 0.3) is 0 Å². The topological polar surface area (TPSA) is 53.6 Å². The van der Waals surface area contributed by atoms with E-state index in [0.717, 1.165) is 45.8 Å². The van der Waals surface area contributed by atoms with Crippen LogP contribution in [-0.4, -0.2) is 62.3 Å². The molecular weight excluding hydrogens is 301 g/mol. The largest absolute Gasteiger partial charge is 0.379 e. The van der Waals surface area contributed by atoms with Crippen molar-refractivity contribution in [2.45, 2.75) is 38.3 Å². The average molecular weight is 328 g/mol. The van der Waals surface area contributed by atoms with Crippen molar-refractivity contribution in [3.8, 4) is 0 Å². The van der Waals surface area contributed by atoms with E-state index < -0.39 is 0 Å². The quantitative estimate of drug-likeness (QED) is 0.784. The van der Waals surface area contributed by atoms with E-state index in [-0.39, 0.29) is 36.8 Å². The lowest BCUT2D eigenvalue weighted by Crippen LogP contribution is -2.46. The fourth-order valence-corrected chi connectivity index (χ4v) is 2.71. The molecule has 2 atom stereocenters. The van der Waals surface area contributed by atoms with E-state index in [1.165, 1.54) is 6.42 Å². The molecule has 0 spiro atoms. The number of hydrogen-bond acceptors (Lipinski definition) is 4. The number of rotatable bonds is 5. The Morgan fingerprint density at radius 1 is 1.40 bits per heavy atom. The van der Waals surface area contributed by atoms with Gasteiger partial charge in [0, 0.05) is 38.1 Å². The Kier molecular flexibility index (Phi) is 10.6. The maximum Gasteiger partial charge on any atom is 0.221 e. The van der Waals surface area contributed by atoms with Crippen molar-refractivity contribution in [3.05, 3.63) is 0 Å². The molecule has 2 saturated heterocycles. The highest BCUT2D eigenvalue weighted by atomic mass is 35.5. The monoisotopic (exact) mass is 327 g/mol. The lowest BCUT2D eigenvalue weighted by atomic mass is 10.1. The van der Waals surface area contributed by atoms with E-state index >= 15 is 0 Å². The summed E-state index contributed by atoms with van der Waals surface area (Å²) < 4.78 is 5.31. The summed E-state index contributed by atoms with van der Waals surface area (Å²) >= 11 is 0. The molecule has 2 unspecified atom stereocenters. The third-order valence-corrected chi connectivity index (χ3v) is 3.64.